The van der Waals surface area contributed by atoms with Crippen LogP contribution >= 0.6 is 11.5 Å². The highest BCUT2D eigenvalue weighted by atomic mass is 32.1. The normalized spacial score (nSPS) is 11.2. The van der Waals surface area contributed by atoms with E-state index in [-0.39, 0.29) is 5.88 Å². The maximum Gasteiger partial charge on any atom is 0.388 e. The number of aryl methyl sites for hydroxylation is 1. The van der Waals surface area contributed by atoms with E-state index in [0.717, 1.165) is 16.8 Å². The first-order chi connectivity index (χ1) is 9.63. The van der Waals surface area contributed by atoms with Crippen LogP contribution in [0.5, 0.6) is 5.88 Å². The molecule has 0 spiro atoms. The molecule has 102 valence electrons. The summed E-state index contributed by atoms with van der Waals surface area (Å²) in [6, 6.07) is 5.60. The summed E-state index contributed by atoms with van der Waals surface area (Å²) < 4.78 is 33.0. The molecule has 4 nitrogen and oxygen atoms in total. The minimum absolute atomic E-state index is 0.192. The smallest absolute Gasteiger partial charge is 0.388 e. The maximum atomic E-state index is 12.2. The van der Waals surface area contributed by atoms with E-state index < -0.39 is 6.61 Å². The van der Waals surface area contributed by atoms with Crippen molar-refractivity contribution < 1.29 is 13.5 Å². The lowest BCUT2D eigenvalue weighted by atomic mass is 10.1. The molecule has 0 unspecified atom stereocenters. The van der Waals surface area contributed by atoms with Crippen LogP contribution in [0.15, 0.2) is 29.8 Å². The Bertz CT molecular complexity index is 747. The summed E-state index contributed by atoms with van der Waals surface area (Å²) >= 11 is 1.34. The first-order valence-electron chi connectivity index (χ1n) is 5.76. The van der Waals surface area contributed by atoms with Crippen LogP contribution < -0.4 is 4.74 Å². The number of nitrogens with zero attached hydrogens (tertiary/aromatic N) is 3. The van der Waals surface area contributed by atoms with Crippen molar-refractivity contribution in [3.8, 4) is 17.1 Å². The first kappa shape index (κ1) is 12.9. The zero-order chi connectivity index (χ0) is 14.1. The van der Waals surface area contributed by atoms with Gasteiger partial charge in [0.05, 0.1) is 22.9 Å². The number of hydrogen-bond acceptors (Lipinski definition) is 5. The van der Waals surface area contributed by atoms with Crippen molar-refractivity contribution in [2.75, 3.05) is 0 Å². The lowest BCUT2D eigenvalue weighted by Gasteiger charge is -2.07. The third-order valence-electron chi connectivity index (χ3n) is 2.69. The minimum atomic E-state index is -2.91. The van der Waals surface area contributed by atoms with Crippen LogP contribution in [0.25, 0.3) is 22.3 Å². The van der Waals surface area contributed by atoms with Gasteiger partial charge in [-0.15, -0.1) is 0 Å². The van der Waals surface area contributed by atoms with Gasteiger partial charge in [-0.3, -0.25) is 0 Å². The summed E-state index contributed by atoms with van der Waals surface area (Å²) in [5.41, 5.74) is 3.69. The highest BCUT2D eigenvalue weighted by molar-refractivity contribution is 7.03. The molecular formula is C13H9F2N3OS. The number of ether oxygens (including phenoxy) is 1. The van der Waals surface area contributed by atoms with E-state index in [4.69, 9.17) is 0 Å². The van der Waals surface area contributed by atoms with Crippen LogP contribution in [0, 0.1) is 6.92 Å². The first-order valence-corrected chi connectivity index (χ1v) is 6.60. The fourth-order valence-corrected chi connectivity index (χ4v) is 2.47. The van der Waals surface area contributed by atoms with Gasteiger partial charge in [0.25, 0.3) is 0 Å². The lowest BCUT2D eigenvalue weighted by Crippen LogP contribution is -2.04. The van der Waals surface area contributed by atoms with Crippen LogP contribution in [0.3, 0.4) is 0 Å². The van der Waals surface area contributed by atoms with Crippen molar-refractivity contribution >= 4 is 22.6 Å². The van der Waals surface area contributed by atoms with Gasteiger partial charge in [-0.2, -0.15) is 13.2 Å². The van der Waals surface area contributed by atoms with Crippen molar-refractivity contribution in [2.24, 2.45) is 0 Å². The molecule has 0 amide bonds. The average Bonchev–Trinajstić information content (AvgIpc) is 2.90. The van der Waals surface area contributed by atoms with Gasteiger partial charge in [0.2, 0.25) is 5.88 Å². The summed E-state index contributed by atoms with van der Waals surface area (Å²) in [4.78, 5) is 8.23. The van der Waals surface area contributed by atoms with E-state index >= 15 is 0 Å². The maximum absolute atomic E-state index is 12.2. The van der Waals surface area contributed by atoms with Crippen molar-refractivity contribution in [2.45, 2.75) is 13.5 Å². The van der Waals surface area contributed by atoms with Crippen molar-refractivity contribution in [3.05, 3.63) is 35.3 Å². The largest absolute Gasteiger partial charge is 0.415 e. The van der Waals surface area contributed by atoms with Gasteiger partial charge in [0.1, 0.15) is 0 Å². The number of rotatable bonds is 3. The Kier molecular flexibility index (Phi) is 3.27. The molecule has 0 atom stereocenters. The Hall–Kier alpha value is -2.15. The van der Waals surface area contributed by atoms with E-state index in [1.165, 1.54) is 17.7 Å². The van der Waals surface area contributed by atoms with Crippen LogP contribution in [0.1, 0.15) is 5.56 Å². The topological polar surface area (TPSA) is 47.9 Å². The molecule has 0 radical (unpaired) electrons. The van der Waals surface area contributed by atoms with Crippen LogP contribution in [-0.2, 0) is 0 Å². The zero-order valence-electron chi connectivity index (χ0n) is 10.4. The van der Waals surface area contributed by atoms with E-state index in [0.29, 0.717) is 11.0 Å². The third-order valence-corrected chi connectivity index (χ3v) is 3.25. The molecule has 2 heterocycles. The van der Waals surface area contributed by atoms with Crippen LogP contribution in [-0.4, -0.2) is 21.0 Å². The van der Waals surface area contributed by atoms with E-state index in [1.807, 2.05) is 24.4 Å². The minimum Gasteiger partial charge on any atom is -0.415 e. The van der Waals surface area contributed by atoms with Gasteiger partial charge in [0.15, 0.2) is 0 Å². The number of fused-ring (bicyclic) bond motifs is 1. The molecule has 2 aromatic heterocycles. The van der Waals surface area contributed by atoms with Gasteiger partial charge in [0, 0.05) is 10.9 Å². The Morgan fingerprint density at radius 2 is 2.15 bits per heavy atom. The van der Waals surface area contributed by atoms with E-state index in [2.05, 4.69) is 19.1 Å². The average molecular weight is 293 g/mol. The fourth-order valence-electron chi connectivity index (χ4n) is 1.94. The van der Waals surface area contributed by atoms with Gasteiger partial charge in [-0.05, 0) is 42.2 Å². The van der Waals surface area contributed by atoms with E-state index in [1.54, 1.807) is 6.07 Å². The molecule has 0 bridgehead atoms. The molecule has 0 saturated heterocycles. The Balaban J connectivity index is 2.17. The second kappa shape index (κ2) is 5.09. The van der Waals surface area contributed by atoms with Gasteiger partial charge in [-0.1, -0.05) is 0 Å². The molecule has 20 heavy (non-hydrogen) atoms. The molecule has 7 heteroatoms. The summed E-state index contributed by atoms with van der Waals surface area (Å²) in [6.07, 6.45) is 1.19. The highest BCUT2D eigenvalue weighted by Crippen LogP contribution is 2.28. The molecule has 0 aliphatic carbocycles. The predicted octanol–water partition coefficient (Wildman–Crippen LogP) is 3.66. The second-order valence-electron chi connectivity index (χ2n) is 4.15. The van der Waals surface area contributed by atoms with Crippen molar-refractivity contribution in [1.29, 1.82) is 0 Å². The van der Waals surface area contributed by atoms with Crippen LogP contribution in [0.4, 0.5) is 8.78 Å². The molecule has 0 aliphatic rings. The third kappa shape index (κ3) is 2.44. The Morgan fingerprint density at radius 3 is 2.85 bits per heavy atom. The molecule has 3 rings (SSSR count). The Morgan fingerprint density at radius 1 is 1.30 bits per heavy atom. The molecule has 0 fully saturated rings. The summed E-state index contributed by atoms with van der Waals surface area (Å²) in [5.74, 6) is -0.192. The summed E-state index contributed by atoms with van der Waals surface area (Å²) in [7, 11) is 0. The zero-order valence-corrected chi connectivity index (χ0v) is 11.2. The number of alkyl halides is 2. The Labute approximate surface area is 117 Å². The SMILES string of the molecule is Cc1cc(-c2ccsn2)c2ncc(OC(F)F)nc2c1. The molecule has 3 aromatic rings. The van der Waals surface area contributed by atoms with Gasteiger partial charge < -0.3 is 4.74 Å². The predicted molar refractivity (Wildman–Crippen MR) is 72.0 cm³/mol. The van der Waals surface area contributed by atoms with Crippen molar-refractivity contribution in [3.63, 3.8) is 0 Å². The molecular weight excluding hydrogens is 284 g/mol. The molecule has 0 aliphatic heterocycles. The number of hydrogen-bond donors (Lipinski definition) is 0. The van der Waals surface area contributed by atoms with Gasteiger partial charge in [-0.25, -0.2) is 9.97 Å². The number of halogens is 2. The quantitative estimate of drug-likeness (QED) is 0.739. The molecule has 1 aromatic carbocycles. The summed E-state index contributed by atoms with van der Waals surface area (Å²) in [5, 5.41) is 1.87. The van der Waals surface area contributed by atoms with Crippen molar-refractivity contribution in [1.82, 2.24) is 14.3 Å². The number of benzene rings is 1. The number of aromatic nitrogens is 3. The highest BCUT2D eigenvalue weighted by Gasteiger charge is 2.12. The summed E-state index contributed by atoms with van der Waals surface area (Å²) in [6.45, 7) is -1.01. The van der Waals surface area contributed by atoms with Crippen LogP contribution in [0.2, 0.25) is 0 Å². The molecule has 0 N–H and O–H groups in total. The standard InChI is InChI=1S/C13H9F2N3OS/c1-7-4-8(9-2-3-20-18-9)12-10(5-7)17-11(6-16-12)19-13(14)15/h2-6,13H,1H3. The molecule has 0 saturated carbocycles. The van der Waals surface area contributed by atoms with Gasteiger partial charge >= 0.3 is 6.61 Å². The lowest BCUT2D eigenvalue weighted by molar-refractivity contribution is -0.0528. The second-order valence-corrected chi connectivity index (χ2v) is 4.82. The fraction of sp³-hybridized carbons (Fsp3) is 0.154. The van der Waals surface area contributed by atoms with E-state index in [9.17, 15) is 8.78 Å². The monoisotopic (exact) mass is 293 g/mol.